The first-order valence-electron chi connectivity index (χ1n) is 8.08. The second-order valence-electron chi connectivity index (χ2n) is 6.14. The van der Waals surface area contributed by atoms with Crippen molar-refractivity contribution < 1.29 is 14.6 Å². The molecule has 0 unspecified atom stereocenters. The van der Waals surface area contributed by atoms with E-state index >= 15 is 0 Å². The van der Waals surface area contributed by atoms with Crippen LogP contribution in [0.15, 0.2) is 48.5 Å². The Morgan fingerprint density at radius 1 is 1.20 bits per heavy atom. The molecule has 134 valence electrons. The minimum atomic E-state index is -1.27. The zero-order chi connectivity index (χ0) is 18.4. The van der Waals surface area contributed by atoms with E-state index in [-0.39, 0.29) is 12.6 Å². The van der Waals surface area contributed by atoms with Gasteiger partial charge in [0, 0.05) is 11.6 Å². The number of nitrogens with zero attached hydrogens (tertiary/aromatic N) is 1. The van der Waals surface area contributed by atoms with Crippen molar-refractivity contribution in [2.75, 3.05) is 6.54 Å². The Morgan fingerprint density at radius 3 is 2.48 bits per heavy atom. The summed E-state index contributed by atoms with van der Waals surface area (Å²) >= 11 is 6.02. The smallest absolute Gasteiger partial charge is 0.336 e. The molecule has 2 aromatic rings. The SMILES string of the molecule is CC(C)OC(=O)[C@H](O)CN(N)Cc1ccc(-c2cccc(Cl)c2)cc1. The summed E-state index contributed by atoms with van der Waals surface area (Å²) in [6, 6.07) is 15.5. The van der Waals surface area contributed by atoms with E-state index in [9.17, 15) is 9.90 Å². The summed E-state index contributed by atoms with van der Waals surface area (Å²) in [5.74, 6) is 5.23. The van der Waals surface area contributed by atoms with Crippen molar-refractivity contribution in [1.29, 1.82) is 0 Å². The van der Waals surface area contributed by atoms with Gasteiger partial charge in [0.1, 0.15) is 0 Å². The summed E-state index contributed by atoms with van der Waals surface area (Å²) in [6.45, 7) is 3.86. The van der Waals surface area contributed by atoms with Crippen molar-refractivity contribution in [3.05, 3.63) is 59.1 Å². The molecule has 0 spiro atoms. The van der Waals surface area contributed by atoms with Crippen LogP contribution in [0.1, 0.15) is 19.4 Å². The van der Waals surface area contributed by atoms with Gasteiger partial charge in [-0.25, -0.2) is 9.80 Å². The molecule has 0 aliphatic rings. The fourth-order valence-electron chi connectivity index (χ4n) is 2.38. The van der Waals surface area contributed by atoms with Crippen LogP contribution in [0, 0.1) is 0 Å². The van der Waals surface area contributed by atoms with Crippen LogP contribution >= 0.6 is 11.6 Å². The number of carbonyl (C=O) groups is 1. The molecule has 0 saturated carbocycles. The molecule has 2 aromatic carbocycles. The molecule has 2 rings (SSSR count). The minimum absolute atomic E-state index is 0.00159. The van der Waals surface area contributed by atoms with E-state index in [1.54, 1.807) is 13.8 Å². The lowest BCUT2D eigenvalue weighted by Crippen LogP contribution is -2.41. The van der Waals surface area contributed by atoms with Crippen molar-refractivity contribution in [3.63, 3.8) is 0 Å². The molecule has 0 radical (unpaired) electrons. The zero-order valence-corrected chi connectivity index (χ0v) is 15.1. The summed E-state index contributed by atoms with van der Waals surface area (Å²) in [4.78, 5) is 11.6. The first-order chi connectivity index (χ1) is 11.8. The minimum Gasteiger partial charge on any atom is -0.461 e. The van der Waals surface area contributed by atoms with E-state index in [1.807, 2.05) is 48.5 Å². The van der Waals surface area contributed by atoms with Gasteiger partial charge in [0.25, 0.3) is 0 Å². The van der Waals surface area contributed by atoms with Crippen molar-refractivity contribution in [1.82, 2.24) is 5.01 Å². The topological polar surface area (TPSA) is 75.8 Å². The molecule has 25 heavy (non-hydrogen) atoms. The van der Waals surface area contributed by atoms with Crippen LogP contribution in [0.3, 0.4) is 0 Å². The fourth-order valence-corrected chi connectivity index (χ4v) is 2.57. The molecule has 0 heterocycles. The summed E-state index contributed by atoms with van der Waals surface area (Å²) in [7, 11) is 0. The number of aliphatic hydroxyl groups is 1. The molecule has 0 saturated heterocycles. The van der Waals surface area contributed by atoms with E-state index in [2.05, 4.69) is 0 Å². The highest BCUT2D eigenvalue weighted by Gasteiger charge is 2.20. The van der Waals surface area contributed by atoms with Gasteiger partial charge in [0.2, 0.25) is 0 Å². The van der Waals surface area contributed by atoms with Gasteiger partial charge in [-0.2, -0.15) is 0 Å². The predicted molar refractivity (Wildman–Crippen MR) is 98.7 cm³/mol. The zero-order valence-electron chi connectivity index (χ0n) is 14.4. The van der Waals surface area contributed by atoms with Crippen LogP contribution in [-0.2, 0) is 16.1 Å². The Hall–Kier alpha value is -1.92. The number of aliphatic hydroxyl groups excluding tert-OH is 1. The van der Waals surface area contributed by atoms with Crippen LogP contribution in [0.5, 0.6) is 0 Å². The summed E-state index contributed by atoms with van der Waals surface area (Å²) in [5.41, 5.74) is 3.06. The number of ether oxygens (including phenoxy) is 1. The van der Waals surface area contributed by atoms with Gasteiger partial charge in [0.05, 0.1) is 12.6 Å². The van der Waals surface area contributed by atoms with E-state index in [1.165, 1.54) is 5.01 Å². The Kier molecular flexibility index (Phi) is 6.96. The second-order valence-corrected chi connectivity index (χ2v) is 6.57. The number of carbonyl (C=O) groups excluding carboxylic acids is 1. The van der Waals surface area contributed by atoms with Gasteiger partial charge >= 0.3 is 5.97 Å². The third-order valence-electron chi connectivity index (χ3n) is 3.53. The molecule has 5 nitrogen and oxygen atoms in total. The molecule has 1 atom stereocenters. The highest BCUT2D eigenvalue weighted by atomic mass is 35.5. The second kappa shape index (κ2) is 8.97. The van der Waals surface area contributed by atoms with Gasteiger partial charge in [-0.3, -0.25) is 5.84 Å². The van der Waals surface area contributed by atoms with Gasteiger partial charge in [0.15, 0.2) is 6.10 Å². The lowest BCUT2D eigenvalue weighted by molar-refractivity contribution is -0.158. The number of rotatable bonds is 7. The highest BCUT2D eigenvalue weighted by Crippen LogP contribution is 2.23. The number of nitrogens with two attached hydrogens (primary N) is 1. The van der Waals surface area contributed by atoms with E-state index in [4.69, 9.17) is 22.2 Å². The van der Waals surface area contributed by atoms with Crippen LogP contribution in [0.2, 0.25) is 5.02 Å². The van der Waals surface area contributed by atoms with Crippen LogP contribution in [0.25, 0.3) is 11.1 Å². The maximum atomic E-state index is 11.6. The average molecular weight is 363 g/mol. The molecule has 0 aromatic heterocycles. The Bertz CT molecular complexity index is 704. The third kappa shape index (κ3) is 6.14. The maximum Gasteiger partial charge on any atom is 0.336 e. The molecule has 0 fully saturated rings. The van der Waals surface area contributed by atoms with Crippen LogP contribution in [0.4, 0.5) is 0 Å². The standard InChI is InChI=1S/C19H23ClN2O3/c1-13(2)25-19(24)18(23)12-22(21)11-14-6-8-15(9-7-14)16-4-3-5-17(20)10-16/h3-10,13,18,23H,11-12,21H2,1-2H3/t18-/m1/s1. The Morgan fingerprint density at radius 2 is 1.88 bits per heavy atom. The lowest BCUT2D eigenvalue weighted by atomic mass is 10.0. The van der Waals surface area contributed by atoms with Crippen LogP contribution < -0.4 is 5.84 Å². The van der Waals surface area contributed by atoms with E-state index in [0.717, 1.165) is 16.7 Å². The quantitative estimate of drug-likeness (QED) is 0.450. The number of halogens is 1. The molecule has 6 heteroatoms. The molecule has 3 N–H and O–H groups in total. The molecule has 0 amide bonds. The normalized spacial score (nSPS) is 12.4. The summed E-state index contributed by atoms with van der Waals surface area (Å²) in [6.07, 6.45) is -1.54. The van der Waals surface area contributed by atoms with Crippen molar-refractivity contribution >= 4 is 17.6 Å². The van der Waals surface area contributed by atoms with Gasteiger partial charge < -0.3 is 9.84 Å². The largest absolute Gasteiger partial charge is 0.461 e. The van der Waals surface area contributed by atoms with Gasteiger partial charge in [-0.05, 0) is 42.7 Å². The Labute approximate surface area is 152 Å². The monoisotopic (exact) mass is 362 g/mol. The third-order valence-corrected chi connectivity index (χ3v) is 3.76. The van der Waals surface area contributed by atoms with Crippen molar-refractivity contribution in [2.24, 2.45) is 5.84 Å². The van der Waals surface area contributed by atoms with E-state index in [0.29, 0.717) is 11.6 Å². The average Bonchev–Trinajstić information content (AvgIpc) is 2.54. The van der Waals surface area contributed by atoms with Crippen molar-refractivity contribution in [3.8, 4) is 11.1 Å². The van der Waals surface area contributed by atoms with E-state index < -0.39 is 12.1 Å². The number of hydrogen-bond acceptors (Lipinski definition) is 5. The van der Waals surface area contributed by atoms with Crippen LogP contribution in [-0.4, -0.2) is 34.8 Å². The predicted octanol–water partition coefficient (Wildman–Crippen LogP) is 3.00. The van der Waals surface area contributed by atoms with Crippen molar-refractivity contribution in [2.45, 2.75) is 32.6 Å². The maximum absolute atomic E-state index is 11.6. The summed E-state index contributed by atoms with van der Waals surface area (Å²) in [5, 5.41) is 11.9. The van der Waals surface area contributed by atoms with Gasteiger partial charge in [-0.15, -0.1) is 0 Å². The van der Waals surface area contributed by atoms with Gasteiger partial charge in [-0.1, -0.05) is 48.0 Å². The number of hydrazine groups is 1. The molecule has 0 aliphatic carbocycles. The first kappa shape index (κ1) is 19.4. The molecule has 0 aliphatic heterocycles. The highest BCUT2D eigenvalue weighted by molar-refractivity contribution is 6.30. The molecular weight excluding hydrogens is 340 g/mol. The Balaban J connectivity index is 1.93. The summed E-state index contributed by atoms with van der Waals surface area (Å²) < 4.78 is 4.96. The molecule has 0 bridgehead atoms. The first-order valence-corrected chi connectivity index (χ1v) is 8.46. The number of hydrogen-bond donors (Lipinski definition) is 2. The number of esters is 1. The fraction of sp³-hybridized carbons (Fsp3) is 0.316. The number of benzene rings is 2. The lowest BCUT2D eigenvalue weighted by Gasteiger charge is -2.20. The molecular formula is C19H23ClN2O3.